The maximum Gasteiger partial charge on any atom is 0.242 e. The smallest absolute Gasteiger partial charge is 0.242 e. The number of sulfonamides is 1. The fourth-order valence-corrected chi connectivity index (χ4v) is 4.74. The zero-order chi connectivity index (χ0) is 19.1. The molecule has 27 heavy (non-hydrogen) atoms. The van der Waals surface area contributed by atoms with Crippen LogP contribution < -0.4 is 10.9 Å². The molecular weight excluding hydrogens is 358 g/mol. The van der Waals surface area contributed by atoms with E-state index in [-0.39, 0.29) is 0 Å². The van der Waals surface area contributed by atoms with E-state index in [2.05, 4.69) is 35.1 Å². The second-order valence-corrected chi connectivity index (χ2v) is 9.22. The lowest BCUT2D eigenvalue weighted by Crippen LogP contribution is -2.30. The van der Waals surface area contributed by atoms with E-state index in [0.29, 0.717) is 23.5 Å². The van der Waals surface area contributed by atoms with Gasteiger partial charge in [0.25, 0.3) is 0 Å². The van der Waals surface area contributed by atoms with Crippen LogP contribution in [0.4, 0.5) is 0 Å². The van der Waals surface area contributed by atoms with Gasteiger partial charge in [-0.25, -0.2) is 12.7 Å². The Hall–Kier alpha value is -1.73. The third-order valence-corrected chi connectivity index (χ3v) is 7.03. The molecule has 0 aliphatic carbocycles. The minimum atomic E-state index is -3.37. The van der Waals surface area contributed by atoms with E-state index < -0.39 is 10.0 Å². The van der Waals surface area contributed by atoms with Crippen molar-refractivity contribution >= 4 is 10.0 Å². The van der Waals surface area contributed by atoms with Gasteiger partial charge in [0.15, 0.2) is 0 Å². The highest BCUT2D eigenvalue weighted by Gasteiger charge is 2.24. The molecule has 2 unspecified atom stereocenters. The second-order valence-electron chi connectivity index (χ2n) is 7.17. The third kappa shape index (κ3) is 5.39. The largest absolute Gasteiger partial charge is 0.254 e. The molecule has 1 fully saturated rings. The molecule has 1 aliphatic heterocycles. The van der Waals surface area contributed by atoms with Crippen LogP contribution in [-0.4, -0.2) is 32.4 Å². The number of nitrogens with zero attached hydrogens (tertiary/aromatic N) is 1. The highest BCUT2D eigenvalue weighted by Crippen LogP contribution is 2.24. The molecule has 6 heteroatoms. The van der Waals surface area contributed by atoms with E-state index in [1.807, 2.05) is 12.1 Å². The summed E-state index contributed by atoms with van der Waals surface area (Å²) in [6, 6.07) is 20.0. The van der Waals surface area contributed by atoms with E-state index >= 15 is 0 Å². The highest BCUT2D eigenvalue weighted by atomic mass is 32.2. The van der Waals surface area contributed by atoms with Gasteiger partial charge in [0.1, 0.15) is 0 Å². The van der Waals surface area contributed by atoms with Crippen molar-refractivity contribution in [1.82, 2.24) is 15.2 Å². The SMILES string of the molecule is CN(CCCCCC1CC(c2ccccc2)NN1)S(=O)(=O)c1ccccc1. The maximum absolute atomic E-state index is 12.5. The van der Waals surface area contributed by atoms with Gasteiger partial charge in [-0.05, 0) is 37.0 Å². The van der Waals surface area contributed by atoms with Crippen molar-refractivity contribution in [2.75, 3.05) is 13.6 Å². The molecule has 0 spiro atoms. The maximum atomic E-state index is 12.5. The van der Waals surface area contributed by atoms with Crippen LogP contribution in [0.15, 0.2) is 65.6 Å². The van der Waals surface area contributed by atoms with Gasteiger partial charge >= 0.3 is 0 Å². The monoisotopic (exact) mass is 387 g/mol. The fraction of sp³-hybridized carbons (Fsp3) is 0.429. The second kappa shape index (κ2) is 9.46. The summed E-state index contributed by atoms with van der Waals surface area (Å²) in [5.74, 6) is 0. The zero-order valence-electron chi connectivity index (χ0n) is 15.8. The van der Waals surface area contributed by atoms with Crippen LogP contribution >= 0.6 is 0 Å². The lowest BCUT2D eigenvalue weighted by atomic mass is 9.99. The molecule has 3 rings (SSSR count). The van der Waals surface area contributed by atoms with Crippen LogP contribution in [0.2, 0.25) is 0 Å². The highest BCUT2D eigenvalue weighted by molar-refractivity contribution is 7.89. The van der Waals surface area contributed by atoms with E-state index in [4.69, 9.17) is 0 Å². The lowest BCUT2D eigenvalue weighted by molar-refractivity contribution is 0.438. The van der Waals surface area contributed by atoms with Crippen molar-refractivity contribution in [3.63, 3.8) is 0 Å². The van der Waals surface area contributed by atoms with Crippen LogP contribution in [0.5, 0.6) is 0 Å². The summed E-state index contributed by atoms with van der Waals surface area (Å²) in [7, 11) is -1.71. The van der Waals surface area contributed by atoms with E-state index in [1.54, 1.807) is 31.3 Å². The molecule has 0 radical (unpaired) electrons. The first-order valence-electron chi connectivity index (χ1n) is 9.65. The van der Waals surface area contributed by atoms with E-state index in [9.17, 15) is 8.42 Å². The average Bonchev–Trinajstić information content (AvgIpc) is 3.18. The van der Waals surface area contributed by atoms with Crippen molar-refractivity contribution in [3.05, 3.63) is 66.2 Å². The Kier molecular flexibility index (Phi) is 7.01. The first-order chi connectivity index (χ1) is 13.1. The first kappa shape index (κ1) is 20.0. The summed E-state index contributed by atoms with van der Waals surface area (Å²) >= 11 is 0. The number of rotatable bonds is 9. The molecule has 2 atom stereocenters. The van der Waals surface area contributed by atoms with Crippen LogP contribution in [0.3, 0.4) is 0 Å². The summed E-state index contributed by atoms with van der Waals surface area (Å²) in [6.07, 6.45) is 5.20. The van der Waals surface area contributed by atoms with Gasteiger partial charge in [-0.15, -0.1) is 0 Å². The minimum Gasteiger partial charge on any atom is -0.254 e. The molecule has 2 aromatic rings. The molecule has 2 N–H and O–H groups in total. The van der Waals surface area contributed by atoms with Crippen molar-refractivity contribution in [3.8, 4) is 0 Å². The fourth-order valence-electron chi connectivity index (χ4n) is 3.51. The molecule has 0 bridgehead atoms. The number of hydrogen-bond donors (Lipinski definition) is 2. The Balaban J connectivity index is 1.35. The molecule has 0 aromatic heterocycles. The van der Waals surface area contributed by atoms with Crippen LogP contribution in [0.1, 0.15) is 43.7 Å². The van der Waals surface area contributed by atoms with Crippen molar-refractivity contribution < 1.29 is 8.42 Å². The summed E-state index contributed by atoms with van der Waals surface area (Å²) in [5, 5.41) is 0. The predicted octanol–water partition coefficient (Wildman–Crippen LogP) is 3.48. The van der Waals surface area contributed by atoms with Crippen molar-refractivity contribution in [2.45, 2.75) is 49.1 Å². The Morgan fingerprint density at radius 1 is 0.926 bits per heavy atom. The number of nitrogens with one attached hydrogen (secondary N) is 2. The number of hydrazine groups is 1. The topological polar surface area (TPSA) is 61.4 Å². The molecule has 1 heterocycles. The molecule has 2 aromatic carbocycles. The van der Waals surface area contributed by atoms with Crippen molar-refractivity contribution in [1.29, 1.82) is 0 Å². The molecule has 0 saturated carbocycles. The predicted molar refractivity (Wildman–Crippen MR) is 109 cm³/mol. The Bertz CT molecular complexity index is 797. The Morgan fingerprint density at radius 2 is 1.59 bits per heavy atom. The van der Waals surface area contributed by atoms with Gasteiger partial charge in [0, 0.05) is 25.7 Å². The molecule has 146 valence electrons. The molecule has 5 nitrogen and oxygen atoms in total. The van der Waals surface area contributed by atoms with Gasteiger partial charge in [0.05, 0.1) is 4.90 Å². The van der Waals surface area contributed by atoms with Crippen LogP contribution in [-0.2, 0) is 10.0 Å². The van der Waals surface area contributed by atoms with Gasteiger partial charge in [-0.3, -0.25) is 10.9 Å². The van der Waals surface area contributed by atoms with E-state index in [1.165, 1.54) is 9.87 Å². The normalized spacial score (nSPS) is 20.2. The quantitative estimate of drug-likeness (QED) is 0.647. The van der Waals surface area contributed by atoms with E-state index in [0.717, 1.165) is 32.1 Å². The summed E-state index contributed by atoms with van der Waals surface area (Å²) in [5.41, 5.74) is 8.10. The van der Waals surface area contributed by atoms with Gasteiger partial charge in [-0.1, -0.05) is 61.4 Å². The number of unbranched alkanes of at least 4 members (excludes halogenated alkanes) is 2. The van der Waals surface area contributed by atoms with Crippen LogP contribution in [0.25, 0.3) is 0 Å². The van der Waals surface area contributed by atoms with Crippen molar-refractivity contribution in [2.24, 2.45) is 0 Å². The molecule has 1 saturated heterocycles. The number of hydrogen-bond acceptors (Lipinski definition) is 4. The lowest BCUT2D eigenvalue weighted by Gasteiger charge is -2.17. The Labute approximate surface area is 162 Å². The number of benzene rings is 2. The molecule has 1 aliphatic rings. The molecular formula is C21H29N3O2S. The molecule has 0 amide bonds. The summed E-state index contributed by atoms with van der Waals surface area (Å²) in [4.78, 5) is 0.362. The third-order valence-electron chi connectivity index (χ3n) is 5.16. The Morgan fingerprint density at radius 3 is 2.30 bits per heavy atom. The summed E-state index contributed by atoms with van der Waals surface area (Å²) in [6.45, 7) is 0.556. The average molecular weight is 388 g/mol. The summed E-state index contributed by atoms with van der Waals surface area (Å²) < 4.78 is 26.4. The first-order valence-corrected chi connectivity index (χ1v) is 11.1. The zero-order valence-corrected chi connectivity index (χ0v) is 16.7. The standard InChI is InChI=1S/C21H29N3O2S/c1-24(27(25,26)20-14-8-3-9-15-20)16-10-4-7-13-19-17-21(23-22-19)18-11-5-2-6-12-18/h2-3,5-6,8-9,11-12,14-15,19,21-23H,4,7,10,13,16-17H2,1H3. The van der Waals surface area contributed by atoms with Crippen LogP contribution in [0, 0.1) is 0 Å². The van der Waals surface area contributed by atoms with Gasteiger partial charge in [-0.2, -0.15) is 0 Å². The van der Waals surface area contributed by atoms with Gasteiger partial charge < -0.3 is 0 Å². The van der Waals surface area contributed by atoms with Gasteiger partial charge in [0.2, 0.25) is 10.0 Å². The minimum absolute atomic E-state index is 0.362.